The highest BCUT2D eigenvalue weighted by Crippen LogP contribution is 2.28. The number of hydrogen-bond donors (Lipinski definition) is 1. The van der Waals surface area contributed by atoms with E-state index < -0.39 is 0 Å². The second-order valence-electron chi connectivity index (χ2n) is 4.97. The fraction of sp³-hybridized carbons (Fsp3) is 0.294. The fourth-order valence-electron chi connectivity index (χ4n) is 2.41. The van der Waals surface area contributed by atoms with Gasteiger partial charge in [0.1, 0.15) is 6.07 Å². The number of rotatable bonds is 3. The van der Waals surface area contributed by atoms with Gasteiger partial charge in [-0.2, -0.15) is 5.26 Å². The summed E-state index contributed by atoms with van der Waals surface area (Å²) in [4.78, 5) is 4.35. The van der Waals surface area contributed by atoms with Crippen LogP contribution in [0, 0.1) is 32.1 Å². The van der Waals surface area contributed by atoms with Crippen LogP contribution in [0.3, 0.4) is 0 Å². The first-order valence-electron chi connectivity index (χ1n) is 6.80. The monoisotopic (exact) mass is 265 g/mol. The van der Waals surface area contributed by atoms with E-state index in [0.29, 0.717) is 5.56 Å². The van der Waals surface area contributed by atoms with Crippen LogP contribution in [0.2, 0.25) is 0 Å². The van der Waals surface area contributed by atoms with Crippen molar-refractivity contribution < 1.29 is 0 Å². The average molecular weight is 265 g/mol. The Kier molecular flexibility index (Phi) is 4.05. The van der Waals surface area contributed by atoms with Crippen molar-refractivity contribution in [1.82, 2.24) is 4.98 Å². The van der Waals surface area contributed by atoms with Gasteiger partial charge in [-0.3, -0.25) is 4.98 Å². The molecule has 0 aliphatic rings. The number of nitrogens with zero attached hydrogens (tertiary/aromatic N) is 2. The van der Waals surface area contributed by atoms with Crippen molar-refractivity contribution in [2.24, 2.45) is 0 Å². The first-order chi connectivity index (χ1) is 9.56. The summed E-state index contributed by atoms with van der Waals surface area (Å²) in [6.45, 7) is 8.02. The Morgan fingerprint density at radius 3 is 2.65 bits per heavy atom. The molecule has 102 valence electrons. The van der Waals surface area contributed by atoms with Gasteiger partial charge in [0.15, 0.2) is 0 Å². The number of nitrogens with one attached hydrogen (secondary N) is 1. The van der Waals surface area contributed by atoms with E-state index in [0.717, 1.165) is 29.2 Å². The topological polar surface area (TPSA) is 48.7 Å². The quantitative estimate of drug-likeness (QED) is 0.905. The number of benzene rings is 1. The zero-order valence-electron chi connectivity index (χ0n) is 12.4. The summed E-state index contributed by atoms with van der Waals surface area (Å²) < 4.78 is 0. The number of anilines is 2. The predicted molar refractivity (Wildman–Crippen MR) is 82.3 cm³/mol. The molecule has 3 heteroatoms. The van der Waals surface area contributed by atoms with Gasteiger partial charge in [0.25, 0.3) is 0 Å². The summed E-state index contributed by atoms with van der Waals surface area (Å²) >= 11 is 0. The van der Waals surface area contributed by atoms with E-state index in [1.54, 1.807) is 0 Å². The van der Waals surface area contributed by atoms with E-state index in [2.05, 4.69) is 48.4 Å². The van der Waals surface area contributed by atoms with E-state index in [1.807, 2.05) is 19.9 Å². The molecule has 0 aliphatic heterocycles. The molecule has 0 saturated carbocycles. The Bertz CT molecular complexity index is 681. The Morgan fingerprint density at radius 2 is 2.00 bits per heavy atom. The number of aryl methyl sites for hydroxylation is 4. The van der Waals surface area contributed by atoms with Crippen LogP contribution in [0.1, 0.15) is 35.0 Å². The van der Waals surface area contributed by atoms with Crippen LogP contribution in [-0.4, -0.2) is 4.98 Å². The third-order valence-corrected chi connectivity index (χ3v) is 3.44. The lowest BCUT2D eigenvalue weighted by Crippen LogP contribution is -2.03. The van der Waals surface area contributed by atoms with Crippen LogP contribution in [0.15, 0.2) is 24.3 Å². The lowest BCUT2D eigenvalue weighted by molar-refractivity contribution is 1.10. The number of pyridine rings is 1. The third-order valence-electron chi connectivity index (χ3n) is 3.44. The second-order valence-corrected chi connectivity index (χ2v) is 4.97. The standard InChI is InChI=1S/C17H19N3/c1-5-14-8-6-7-11(2)17(14)20-16-9-12(3)19-13(4)15(16)10-18/h6-9H,5H2,1-4H3,(H,19,20). The molecule has 2 aromatic rings. The summed E-state index contributed by atoms with van der Waals surface area (Å²) in [7, 11) is 0. The highest BCUT2D eigenvalue weighted by Gasteiger charge is 2.11. The molecule has 20 heavy (non-hydrogen) atoms. The molecule has 3 nitrogen and oxygen atoms in total. The molecule has 0 aliphatic carbocycles. The van der Waals surface area contributed by atoms with E-state index in [1.165, 1.54) is 11.1 Å². The van der Waals surface area contributed by atoms with Crippen molar-refractivity contribution in [2.45, 2.75) is 34.1 Å². The number of aromatic nitrogens is 1. The molecule has 2 rings (SSSR count). The van der Waals surface area contributed by atoms with Crippen molar-refractivity contribution in [3.05, 3.63) is 52.3 Å². The van der Waals surface area contributed by atoms with Gasteiger partial charge >= 0.3 is 0 Å². The minimum atomic E-state index is 0.612. The van der Waals surface area contributed by atoms with Gasteiger partial charge in [-0.25, -0.2) is 0 Å². The summed E-state index contributed by atoms with van der Waals surface area (Å²) in [6.07, 6.45) is 0.953. The zero-order chi connectivity index (χ0) is 14.7. The van der Waals surface area contributed by atoms with Crippen LogP contribution >= 0.6 is 0 Å². The van der Waals surface area contributed by atoms with Crippen molar-refractivity contribution in [2.75, 3.05) is 5.32 Å². The molecule has 0 unspecified atom stereocenters. The molecule has 0 saturated heterocycles. The molecule has 0 amide bonds. The van der Waals surface area contributed by atoms with Crippen LogP contribution in [0.4, 0.5) is 11.4 Å². The van der Waals surface area contributed by atoms with Crippen molar-refractivity contribution >= 4 is 11.4 Å². The Labute approximate surface area is 120 Å². The number of hydrogen-bond acceptors (Lipinski definition) is 3. The highest BCUT2D eigenvalue weighted by atomic mass is 14.9. The lowest BCUT2D eigenvalue weighted by atomic mass is 10.0. The van der Waals surface area contributed by atoms with Crippen LogP contribution < -0.4 is 5.32 Å². The number of nitriles is 1. The van der Waals surface area contributed by atoms with E-state index in [-0.39, 0.29) is 0 Å². The van der Waals surface area contributed by atoms with Crippen molar-refractivity contribution in [1.29, 1.82) is 5.26 Å². The van der Waals surface area contributed by atoms with Crippen molar-refractivity contribution in [3.8, 4) is 6.07 Å². The maximum Gasteiger partial charge on any atom is 0.103 e. The molecular formula is C17H19N3. The largest absolute Gasteiger partial charge is 0.354 e. The van der Waals surface area contributed by atoms with Crippen molar-refractivity contribution in [3.63, 3.8) is 0 Å². The maximum absolute atomic E-state index is 9.33. The minimum Gasteiger partial charge on any atom is -0.354 e. The van der Waals surface area contributed by atoms with Gasteiger partial charge in [0, 0.05) is 11.4 Å². The second kappa shape index (κ2) is 5.75. The zero-order valence-corrected chi connectivity index (χ0v) is 12.4. The summed E-state index contributed by atoms with van der Waals surface area (Å²) in [5.74, 6) is 0. The lowest BCUT2D eigenvalue weighted by Gasteiger charge is -2.16. The normalized spacial score (nSPS) is 10.2. The molecular weight excluding hydrogens is 246 g/mol. The van der Waals surface area contributed by atoms with Gasteiger partial charge in [-0.1, -0.05) is 25.1 Å². The Balaban J connectivity index is 2.54. The molecule has 0 radical (unpaired) electrons. The fourth-order valence-corrected chi connectivity index (χ4v) is 2.41. The Morgan fingerprint density at radius 1 is 1.25 bits per heavy atom. The maximum atomic E-state index is 9.33. The van der Waals surface area contributed by atoms with Gasteiger partial charge in [-0.15, -0.1) is 0 Å². The van der Waals surface area contributed by atoms with Gasteiger partial charge in [0.05, 0.1) is 16.9 Å². The minimum absolute atomic E-state index is 0.612. The SMILES string of the molecule is CCc1cccc(C)c1Nc1cc(C)nc(C)c1C#N. The summed E-state index contributed by atoms with van der Waals surface area (Å²) in [5.41, 5.74) is 6.65. The molecule has 0 bridgehead atoms. The van der Waals surface area contributed by atoms with Gasteiger partial charge < -0.3 is 5.32 Å². The first kappa shape index (κ1) is 14.1. The van der Waals surface area contributed by atoms with Gasteiger partial charge in [-0.05, 0) is 44.4 Å². The highest BCUT2D eigenvalue weighted by molar-refractivity contribution is 5.72. The molecule has 0 fully saturated rings. The molecule has 1 N–H and O–H groups in total. The first-order valence-corrected chi connectivity index (χ1v) is 6.80. The summed E-state index contributed by atoms with van der Waals surface area (Å²) in [6, 6.07) is 10.4. The van der Waals surface area contributed by atoms with Crippen LogP contribution in [-0.2, 0) is 6.42 Å². The molecule has 1 aromatic heterocycles. The molecule has 1 heterocycles. The van der Waals surface area contributed by atoms with Crippen LogP contribution in [0.25, 0.3) is 0 Å². The van der Waals surface area contributed by atoms with Gasteiger partial charge in [0.2, 0.25) is 0 Å². The number of para-hydroxylation sites is 1. The van der Waals surface area contributed by atoms with E-state index in [4.69, 9.17) is 0 Å². The molecule has 1 aromatic carbocycles. The summed E-state index contributed by atoms with van der Waals surface area (Å²) in [5, 5.41) is 12.8. The van der Waals surface area contributed by atoms with Crippen LogP contribution in [0.5, 0.6) is 0 Å². The predicted octanol–water partition coefficient (Wildman–Crippen LogP) is 4.18. The van der Waals surface area contributed by atoms with E-state index in [9.17, 15) is 5.26 Å². The molecule has 0 atom stereocenters. The Hall–Kier alpha value is -2.34. The molecule has 0 spiro atoms. The van der Waals surface area contributed by atoms with E-state index >= 15 is 0 Å². The smallest absolute Gasteiger partial charge is 0.103 e. The third kappa shape index (κ3) is 2.65. The average Bonchev–Trinajstić information content (AvgIpc) is 2.40.